The molecule has 1 aliphatic heterocycles. The van der Waals surface area contributed by atoms with Crippen molar-refractivity contribution in [2.45, 2.75) is 51.2 Å². The predicted molar refractivity (Wildman–Crippen MR) is 57.8 cm³/mol. The molecule has 0 aromatic rings. The molecule has 2 unspecified atom stereocenters. The molecule has 0 aromatic heterocycles. The highest BCUT2D eigenvalue weighted by molar-refractivity contribution is 5.67. The summed E-state index contributed by atoms with van der Waals surface area (Å²) in [5, 5.41) is 18.1. The van der Waals surface area contributed by atoms with E-state index in [1.807, 2.05) is 0 Å². The Morgan fingerprint density at radius 3 is 2.87 bits per heavy atom. The highest BCUT2D eigenvalue weighted by Crippen LogP contribution is 2.19. The number of β-amino-alcohol motifs (C(OH)–C–C–N with tert-alkyl or cyclic N) is 1. The fourth-order valence-corrected chi connectivity index (χ4v) is 2.30. The second kappa shape index (κ2) is 6.08. The van der Waals surface area contributed by atoms with E-state index in [4.69, 9.17) is 5.11 Å². The van der Waals surface area contributed by atoms with Crippen LogP contribution in [0.3, 0.4) is 0 Å². The molecule has 1 heterocycles. The number of aliphatic hydroxyl groups is 1. The lowest BCUT2D eigenvalue weighted by Gasteiger charge is -2.36. The van der Waals surface area contributed by atoms with Gasteiger partial charge < -0.3 is 10.2 Å². The number of aliphatic hydroxyl groups excluding tert-OH is 1. The van der Waals surface area contributed by atoms with E-state index in [1.54, 1.807) is 0 Å². The molecule has 4 nitrogen and oxygen atoms in total. The van der Waals surface area contributed by atoms with Crippen LogP contribution in [0.5, 0.6) is 0 Å². The molecule has 0 spiro atoms. The van der Waals surface area contributed by atoms with Gasteiger partial charge in [-0.25, -0.2) is 0 Å². The zero-order valence-corrected chi connectivity index (χ0v) is 9.35. The molecule has 2 atom stereocenters. The molecule has 0 saturated carbocycles. The maximum absolute atomic E-state index is 10.4. The summed E-state index contributed by atoms with van der Waals surface area (Å²) in [6.45, 7) is 3.65. The number of piperidine rings is 1. The first-order valence-electron chi connectivity index (χ1n) is 5.77. The quantitative estimate of drug-likeness (QED) is 0.720. The minimum absolute atomic E-state index is 0.146. The molecule has 1 fully saturated rings. The van der Waals surface area contributed by atoms with Crippen molar-refractivity contribution in [3.8, 4) is 0 Å². The standard InChI is InChI=1S/C11H21NO3/c1-2-9-5-3-4-6-12(9)8-10(13)7-11(14)15/h9-10,13H,2-8H2,1H3,(H,14,15). The Bertz CT molecular complexity index is 208. The van der Waals surface area contributed by atoms with Gasteiger partial charge in [-0.05, 0) is 25.8 Å². The monoisotopic (exact) mass is 215 g/mol. The van der Waals surface area contributed by atoms with Crippen LogP contribution in [0, 0.1) is 0 Å². The minimum atomic E-state index is -0.924. The third-order valence-corrected chi connectivity index (χ3v) is 3.08. The molecule has 0 radical (unpaired) electrons. The number of hydrogen-bond acceptors (Lipinski definition) is 3. The van der Waals surface area contributed by atoms with Crippen LogP contribution in [-0.4, -0.2) is 46.3 Å². The van der Waals surface area contributed by atoms with E-state index in [0.717, 1.165) is 19.4 Å². The van der Waals surface area contributed by atoms with E-state index >= 15 is 0 Å². The van der Waals surface area contributed by atoms with Gasteiger partial charge in [0, 0.05) is 12.6 Å². The Morgan fingerprint density at radius 2 is 2.27 bits per heavy atom. The highest BCUT2D eigenvalue weighted by atomic mass is 16.4. The molecule has 0 aliphatic carbocycles. The van der Waals surface area contributed by atoms with Crippen LogP contribution in [0.25, 0.3) is 0 Å². The topological polar surface area (TPSA) is 60.8 Å². The molecule has 1 aliphatic rings. The average molecular weight is 215 g/mol. The third kappa shape index (κ3) is 4.18. The summed E-state index contributed by atoms with van der Waals surface area (Å²) in [4.78, 5) is 12.7. The SMILES string of the molecule is CCC1CCCCN1CC(O)CC(=O)O. The van der Waals surface area contributed by atoms with Crippen molar-refractivity contribution in [3.63, 3.8) is 0 Å². The Balaban J connectivity index is 2.37. The molecule has 15 heavy (non-hydrogen) atoms. The van der Waals surface area contributed by atoms with Crippen LogP contribution in [0.15, 0.2) is 0 Å². The van der Waals surface area contributed by atoms with E-state index in [9.17, 15) is 9.90 Å². The van der Waals surface area contributed by atoms with Crippen molar-refractivity contribution in [2.75, 3.05) is 13.1 Å². The highest BCUT2D eigenvalue weighted by Gasteiger charge is 2.23. The molecular formula is C11H21NO3. The van der Waals surface area contributed by atoms with Crippen molar-refractivity contribution in [2.24, 2.45) is 0 Å². The average Bonchev–Trinajstić information content (AvgIpc) is 2.17. The van der Waals surface area contributed by atoms with Gasteiger partial charge in [0.15, 0.2) is 0 Å². The Morgan fingerprint density at radius 1 is 1.53 bits per heavy atom. The third-order valence-electron chi connectivity index (χ3n) is 3.08. The summed E-state index contributed by atoms with van der Waals surface area (Å²) in [6, 6.07) is 0.530. The van der Waals surface area contributed by atoms with Crippen LogP contribution in [-0.2, 0) is 4.79 Å². The lowest BCUT2D eigenvalue weighted by molar-refractivity contribution is -0.139. The van der Waals surface area contributed by atoms with E-state index in [0.29, 0.717) is 12.6 Å². The summed E-state index contributed by atoms with van der Waals surface area (Å²) in [5.74, 6) is -0.924. The predicted octanol–water partition coefficient (Wildman–Crippen LogP) is 1.09. The van der Waals surface area contributed by atoms with Crippen LogP contribution in [0.4, 0.5) is 0 Å². The first kappa shape index (κ1) is 12.5. The minimum Gasteiger partial charge on any atom is -0.481 e. The van der Waals surface area contributed by atoms with Crippen molar-refractivity contribution in [1.29, 1.82) is 0 Å². The number of carboxylic acid groups (broad SMARTS) is 1. The van der Waals surface area contributed by atoms with Gasteiger partial charge in [0.2, 0.25) is 0 Å². The second-order valence-corrected chi connectivity index (χ2v) is 4.30. The van der Waals surface area contributed by atoms with Gasteiger partial charge in [0.25, 0.3) is 0 Å². The number of likely N-dealkylation sites (tertiary alicyclic amines) is 1. The molecule has 0 bridgehead atoms. The zero-order chi connectivity index (χ0) is 11.3. The van der Waals surface area contributed by atoms with Crippen LogP contribution in [0.1, 0.15) is 39.0 Å². The van der Waals surface area contributed by atoms with Gasteiger partial charge in [-0.3, -0.25) is 9.69 Å². The molecule has 4 heteroatoms. The van der Waals surface area contributed by atoms with Crippen LogP contribution < -0.4 is 0 Å². The largest absolute Gasteiger partial charge is 0.481 e. The van der Waals surface area contributed by atoms with E-state index in [-0.39, 0.29) is 6.42 Å². The van der Waals surface area contributed by atoms with Gasteiger partial charge in [0.1, 0.15) is 0 Å². The molecule has 2 N–H and O–H groups in total. The van der Waals surface area contributed by atoms with Crippen molar-refractivity contribution in [1.82, 2.24) is 4.90 Å². The lowest BCUT2D eigenvalue weighted by Crippen LogP contribution is -2.43. The Kier molecular flexibility index (Phi) is 5.05. The fraction of sp³-hybridized carbons (Fsp3) is 0.909. The van der Waals surface area contributed by atoms with E-state index in [2.05, 4.69) is 11.8 Å². The molecule has 0 aromatic carbocycles. The van der Waals surface area contributed by atoms with Gasteiger partial charge in [-0.15, -0.1) is 0 Å². The number of nitrogens with zero attached hydrogens (tertiary/aromatic N) is 1. The second-order valence-electron chi connectivity index (χ2n) is 4.30. The summed E-state index contributed by atoms with van der Waals surface area (Å²) < 4.78 is 0. The smallest absolute Gasteiger partial charge is 0.306 e. The zero-order valence-electron chi connectivity index (χ0n) is 9.35. The molecular weight excluding hydrogens is 194 g/mol. The summed E-state index contributed by atoms with van der Waals surface area (Å²) in [5.41, 5.74) is 0. The van der Waals surface area contributed by atoms with Gasteiger partial charge in [-0.1, -0.05) is 13.3 Å². The maximum atomic E-state index is 10.4. The van der Waals surface area contributed by atoms with E-state index in [1.165, 1.54) is 12.8 Å². The van der Waals surface area contributed by atoms with Crippen molar-refractivity contribution >= 4 is 5.97 Å². The number of hydrogen-bond donors (Lipinski definition) is 2. The molecule has 0 amide bonds. The van der Waals surface area contributed by atoms with Crippen molar-refractivity contribution in [3.05, 3.63) is 0 Å². The normalized spacial score (nSPS) is 25.1. The fourth-order valence-electron chi connectivity index (χ4n) is 2.30. The number of rotatable bonds is 5. The number of carbonyl (C=O) groups is 1. The summed E-state index contributed by atoms with van der Waals surface area (Å²) in [6.07, 6.45) is 3.80. The van der Waals surface area contributed by atoms with Gasteiger partial charge in [-0.2, -0.15) is 0 Å². The first-order chi connectivity index (χ1) is 7.13. The first-order valence-corrected chi connectivity index (χ1v) is 5.77. The number of carboxylic acids is 1. The molecule has 1 saturated heterocycles. The molecule has 88 valence electrons. The summed E-state index contributed by atoms with van der Waals surface area (Å²) in [7, 11) is 0. The van der Waals surface area contributed by atoms with Gasteiger partial charge >= 0.3 is 5.97 Å². The number of aliphatic carboxylic acids is 1. The van der Waals surface area contributed by atoms with E-state index < -0.39 is 12.1 Å². The lowest BCUT2D eigenvalue weighted by atomic mass is 9.99. The summed E-state index contributed by atoms with van der Waals surface area (Å²) >= 11 is 0. The Labute approximate surface area is 90.9 Å². The Hall–Kier alpha value is -0.610. The maximum Gasteiger partial charge on any atom is 0.306 e. The van der Waals surface area contributed by atoms with Crippen LogP contribution >= 0.6 is 0 Å². The van der Waals surface area contributed by atoms with Gasteiger partial charge in [0.05, 0.1) is 12.5 Å². The van der Waals surface area contributed by atoms with Crippen molar-refractivity contribution < 1.29 is 15.0 Å². The molecule has 1 rings (SSSR count). The van der Waals surface area contributed by atoms with Crippen LogP contribution in [0.2, 0.25) is 0 Å².